The highest BCUT2D eigenvalue weighted by Gasteiger charge is 2.40. The minimum atomic E-state index is -0.126. The minimum Gasteiger partial charge on any atom is -0.396 e. The summed E-state index contributed by atoms with van der Waals surface area (Å²) in [5.74, 6) is 0.123. The molecular weight excluding hydrogens is 300 g/mol. The Labute approximate surface area is 138 Å². The lowest BCUT2D eigenvalue weighted by Gasteiger charge is -2.30. The van der Waals surface area contributed by atoms with Gasteiger partial charge in [0.05, 0.1) is 25.4 Å². The van der Waals surface area contributed by atoms with E-state index in [4.69, 9.17) is 23.7 Å². The Morgan fingerprint density at radius 3 is 2.30 bits per heavy atom. The van der Waals surface area contributed by atoms with Crippen LogP contribution in [0.1, 0.15) is 44.9 Å². The van der Waals surface area contributed by atoms with Gasteiger partial charge in [0.15, 0.2) is 12.6 Å². The van der Waals surface area contributed by atoms with Crippen LogP contribution in [0.4, 0.5) is 0 Å². The topological polar surface area (TPSA) is 66.4 Å². The molecule has 5 atom stereocenters. The van der Waals surface area contributed by atoms with Crippen molar-refractivity contribution in [2.45, 2.75) is 69.7 Å². The van der Waals surface area contributed by atoms with Crippen LogP contribution in [-0.4, -0.2) is 62.9 Å². The SMILES string of the molecule is OCC[C@@H]1OC[C@H](OC2CCCCO2)[C@H]1COC1CCCCO1. The van der Waals surface area contributed by atoms with Gasteiger partial charge in [-0.15, -0.1) is 0 Å². The van der Waals surface area contributed by atoms with Gasteiger partial charge in [-0.25, -0.2) is 0 Å². The minimum absolute atomic E-state index is 0.0165. The van der Waals surface area contributed by atoms with Crippen LogP contribution in [0.5, 0.6) is 0 Å². The molecule has 0 aromatic heterocycles. The second-order valence-corrected chi connectivity index (χ2v) is 6.65. The summed E-state index contributed by atoms with van der Waals surface area (Å²) in [5.41, 5.74) is 0. The average Bonchev–Trinajstić information content (AvgIpc) is 2.97. The van der Waals surface area contributed by atoms with Crippen LogP contribution in [0.2, 0.25) is 0 Å². The zero-order valence-corrected chi connectivity index (χ0v) is 13.9. The fraction of sp³-hybridized carbons (Fsp3) is 1.00. The molecule has 23 heavy (non-hydrogen) atoms. The monoisotopic (exact) mass is 330 g/mol. The smallest absolute Gasteiger partial charge is 0.158 e. The van der Waals surface area contributed by atoms with Crippen LogP contribution in [-0.2, 0) is 23.7 Å². The summed E-state index contributed by atoms with van der Waals surface area (Å²) in [6.45, 7) is 2.77. The summed E-state index contributed by atoms with van der Waals surface area (Å²) in [7, 11) is 0. The molecule has 0 amide bonds. The van der Waals surface area contributed by atoms with Crippen LogP contribution < -0.4 is 0 Å². The predicted molar refractivity (Wildman–Crippen MR) is 82.9 cm³/mol. The standard InChI is InChI=1S/C17H30O6/c18-8-7-14-13(11-22-16-5-1-3-9-19-16)15(12-21-14)23-17-6-2-4-10-20-17/h13-18H,1-12H2/t13-,14-,15-,16?,17?/m0/s1. The molecule has 3 heterocycles. The molecule has 3 saturated heterocycles. The van der Waals surface area contributed by atoms with Crippen molar-refractivity contribution in [3.05, 3.63) is 0 Å². The second-order valence-electron chi connectivity index (χ2n) is 6.65. The van der Waals surface area contributed by atoms with E-state index < -0.39 is 0 Å². The summed E-state index contributed by atoms with van der Waals surface area (Å²) in [6, 6.07) is 0. The molecule has 6 heteroatoms. The summed E-state index contributed by atoms with van der Waals surface area (Å²) in [5, 5.41) is 9.26. The number of hydrogen-bond acceptors (Lipinski definition) is 6. The van der Waals surface area contributed by atoms with Crippen molar-refractivity contribution in [1.29, 1.82) is 0 Å². The Morgan fingerprint density at radius 2 is 1.65 bits per heavy atom. The van der Waals surface area contributed by atoms with Crippen molar-refractivity contribution < 1.29 is 28.8 Å². The van der Waals surface area contributed by atoms with Crippen molar-refractivity contribution in [2.75, 3.05) is 33.0 Å². The molecule has 2 unspecified atom stereocenters. The third-order valence-corrected chi connectivity index (χ3v) is 4.92. The number of rotatable bonds is 7. The zero-order chi connectivity index (χ0) is 15.9. The first kappa shape index (κ1) is 17.6. The van der Waals surface area contributed by atoms with E-state index in [2.05, 4.69) is 0 Å². The third kappa shape index (κ3) is 5.11. The molecule has 0 aliphatic carbocycles. The molecular formula is C17H30O6. The first-order valence-corrected chi connectivity index (χ1v) is 9.09. The Hall–Kier alpha value is -0.240. The maximum atomic E-state index is 9.26. The highest BCUT2D eigenvalue weighted by atomic mass is 16.7. The molecule has 3 rings (SSSR count). The molecule has 0 aromatic carbocycles. The van der Waals surface area contributed by atoms with Gasteiger partial charge in [-0.2, -0.15) is 0 Å². The largest absolute Gasteiger partial charge is 0.396 e. The van der Waals surface area contributed by atoms with Gasteiger partial charge in [-0.05, 0) is 44.9 Å². The summed E-state index contributed by atoms with van der Waals surface area (Å²) < 4.78 is 29.3. The fourth-order valence-electron chi connectivity index (χ4n) is 3.56. The highest BCUT2D eigenvalue weighted by molar-refractivity contribution is 4.85. The molecule has 3 fully saturated rings. The van der Waals surface area contributed by atoms with Crippen LogP contribution >= 0.6 is 0 Å². The molecule has 0 saturated carbocycles. The highest BCUT2D eigenvalue weighted by Crippen LogP contribution is 2.30. The van der Waals surface area contributed by atoms with Gasteiger partial charge in [-0.3, -0.25) is 0 Å². The van der Waals surface area contributed by atoms with Crippen molar-refractivity contribution >= 4 is 0 Å². The Kier molecular flexibility index (Phi) is 7.11. The van der Waals surface area contributed by atoms with E-state index in [9.17, 15) is 5.11 Å². The van der Waals surface area contributed by atoms with Crippen LogP contribution in [0.15, 0.2) is 0 Å². The molecule has 134 valence electrons. The first-order chi connectivity index (χ1) is 11.4. The molecule has 3 aliphatic rings. The molecule has 6 nitrogen and oxygen atoms in total. The van der Waals surface area contributed by atoms with Crippen LogP contribution in [0.3, 0.4) is 0 Å². The van der Waals surface area contributed by atoms with E-state index in [1.54, 1.807) is 0 Å². The van der Waals surface area contributed by atoms with Gasteiger partial charge < -0.3 is 28.8 Å². The van der Waals surface area contributed by atoms with Crippen LogP contribution in [0, 0.1) is 5.92 Å². The lowest BCUT2D eigenvalue weighted by molar-refractivity contribution is -0.208. The van der Waals surface area contributed by atoms with Gasteiger partial charge in [-0.1, -0.05) is 0 Å². The molecule has 0 radical (unpaired) electrons. The normalized spacial score (nSPS) is 38.7. The van der Waals surface area contributed by atoms with Gasteiger partial charge in [0.2, 0.25) is 0 Å². The molecule has 0 aromatic rings. The van der Waals surface area contributed by atoms with E-state index in [0.717, 1.165) is 51.7 Å². The second kappa shape index (κ2) is 9.30. The van der Waals surface area contributed by atoms with E-state index in [1.807, 2.05) is 0 Å². The summed E-state index contributed by atoms with van der Waals surface area (Å²) >= 11 is 0. The maximum Gasteiger partial charge on any atom is 0.158 e. The molecule has 3 aliphatic heterocycles. The average molecular weight is 330 g/mol. The number of aliphatic hydroxyl groups excluding tert-OH is 1. The first-order valence-electron chi connectivity index (χ1n) is 9.09. The Morgan fingerprint density at radius 1 is 0.913 bits per heavy atom. The lowest BCUT2D eigenvalue weighted by atomic mass is 9.97. The van der Waals surface area contributed by atoms with Crippen LogP contribution in [0.25, 0.3) is 0 Å². The van der Waals surface area contributed by atoms with Gasteiger partial charge in [0.1, 0.15) is 0 Å². The number of aliphatic hydroxyl groups is 1. The fourth-order valence-corrected chi connectivity index (χ4v) is 3.56. The van der Waals surface area contributed by atoms with Gasteiger partial charge >= 0.3 is 0 Å². The maximum absolute atomic E-state index is 9.26. The number of ether oxygens (including phenoxy) is 5. The van der Waals surface area contributed by atoms with E-state index in [1.165, 1.54) is 0 Å². The Bertz CT molecular complexity index is 327. The van der Waals surface area contributed by atoms with Crippen molar-refractivity contribution in [1.82, 2.24) is 0 Å². The van der Waals surface area contributed by atoms with E-state index in [0.29, 0.717) is 19.6 Å². The molecule has 1 N–H and O–H groups in total. The predicted octanol–water partition coefficient (Wildman–Crippen LogP) is 1.84. The van der Waals surface area contributed by atoms with E-state index in [-0.39, 0.29) is 37.3 Å². The summed E-state index contributed by atoms with van der Waals surface area (Å²) in [4.78, 5) is 0. The zero-order valence-electron chi connectivity index (χ0n) is 13.9. The van der Waals surface area contributed by atoms with Crippen molar-refractivity contribution in [3.63, 3.8) is 0 Å². The van der Waals surface area contributed by atoms with Crippen molar-refractivity contribution in [2.24, 2.45) is 5.92 Å². The lowest BCUT2D eigenvalue weighted by Crippen LogP contribution is -2.37. The third-order valence-electron chi connectivity index (χ3n) is 4.92. The van der Waals surface area contributed by atoms with Gasteiger partial charge in [0, 0.05) is 25.7 Å². The van der Waals surface area contributed by atoms with E-state index >= 15 is 0 Å². The Balaban J connectivity index is 1.51. The molecule has 0 spiro atoms. The van der Waals surface area contributed by atoms with Crippen molar-refractivity contribution in [3.8, 4) is 0 Å². The number of hydrogen-bond donors (Lipinski definition) is 1. The van der Waals surface area contributed by atoms with Gasteiger partial charge in [0.25, 0.3) is 0 Å². The quantitative estimate of drug-likeness (QED) is 0.768. The molecule has 0 bridgehead atoms. The summed E-state index contributed by atoms with van der Waals surface area (Å²) in [6.07, 6.45) is 6.77.